The van der Waals surface area contributed by atoms with E-state index in [0.29, 0.717) is 12.1 Å². The van der Waals surface area contributed by atoms with Crippen LogP contribution < -0.4 is 0 Å². The Hall–Kier alpha value is -2.10. The molecule has 4 nitrogen and oxygen atoms in total. The molecule has 0 aliphatic heterocycles. The number of hydrogen-bond donors (Lipinski definition) is 1. The summed E-state index contributed by atoms with van der Waals surface area (Å²) in [6.45, 7) is 2.56. The van der Waals surface area contributed by atoms with Gasteiger partial charge in [0, 0.05) is 6.20 Å². The first-order valence-corrected chi connectivity index (χ1v) is 4.96. The highest BCUT2D eigenvalue weighted by atomic mass is 16.4. The zero-order chi connectivity index (χ0) is 11.5. The molecular weight excluding hydrogens is 204 g/mol. The van der Waals surface area contributed by atoms with E-state index in [-0.39, 0.29) is 0 Å². The predicted molar refractivity (Wildman–Crippen MR) is 59.5 cm³/mol. The van der Waals surface area contributed by atoms with E-state index >= 15 is 0 Å². The summed E-state index contributed by atoms with van der Waals surface area (Å²) in [5.74, 6) is -0.904. The molecule has 1 aromatic carbocycles. The lowest BCUT2D eigenvalue weighted by Crippen LogP contribution is -2.02. The van der Waals surface area contributed by atoms with Crippen LogP contribution in [0.4, 0.5) is 0 Å². The highest BCUT2D eigenvalue weighted by molar-refractivity contribution is 5.87. The van der Waals surface area contributed by atoms with Crippen LogP contribution in [-0.2, 0) is 6.54 Å². The van der Waals surface area contributed by atoms with Crippen LogP contribution in [-0.4, -0.2) is 20.9 Å². The molecule has 1 aromatic heterocycles. The molecule has 0 atom stereocenters. The van der Waals surface area contributed by atoms with Crippen LogP contribution in [0.2, 0.25) is 0 Å². The molecule has 0 amide bonds. The van der Waals surface area contributed by atoms with Crippen LogP contribution in [0.3, 0.4) is 0 Å². The van der Waals surface area contributed by atoms with Crippen molar-refractivity contribution in [1.82, 2.24) is 9.78 Å². The summed E-state index contributed by atoms with van der Waals surface area (Å²) < 4.78 is 1.79. The summed E-state index contributed by atoms with van der Waals surface area (Å²) in [6.07, 6.45) is 3.70. The van der Waals surface area contributed by atoms with Crippen molar-refractivity contribution < 1.29 is 9.90 Å². The van der Waals surface area contributed by atoms with E-state index in [4.69, 9.17) is 5.11 Å². The number of carbonyl (C=O) groups is 1. The van der Waals surface area contributed by atoms with Crippen molar-refractivity contribution in [2.24, 2.45) is 0 Å². The van der Waals surface area contributed by atoms with E-state index < -0.39 is 5.97 Å². The van der Waals surface area contributed by atoms with Gasteiger partial charge in [0.2, 0.25) is 0 Å². The van der Waals surface area contributed by atoms with Crippen LogP contribution >= 0.6 is 0 Å². The molecule has 2 aromatic rings. The Labute approximate surface area is 93.1 Å². The van der Waals surface area contributed by atoms with E-state index in [1.165, 1.54) is 0 Å². The smallest absolute Gasteiger partial charge is 0.335 e. The van der Waals surface area contributed by atoms with Crippen molar-refractivity contribution >= 4 is 5.97 Å². The molecule has 0 aliphatic rings. The van der Waals surface area contributed by atoms with E-state index in [1.807, 2.05) is 19.2 Å². The Morgan fingerprint density at radius 1 is 1.50 bits per heavy atom. The van der Waals surface area contributed by atoms with Gasteiger partial charge in [0.05, 0.1) is 18.3 Å². The first-order chi connectivity index (χ1) is 7.65. The molecule has 4 heteroatoms. The lowest BCUT2D eigenvalue weighted by Gasteiger charge is -2.02. The maximum absolute atomic E-state index is 10.8. The van der Waals surface area contributed by atoms with Gasteiger partial charge in [-0.05, 0) is 30.2 Å². The summed E-state index contributed by atoms with van der Waals surface area (Å²) in [4.78, 5) is 10.8. The maximum atomic E-state index is 10.8. The molecule has 1 heterocycles. The molecule has 2 rings (SSSR count). The number of benzene rings is 1. The second-order valence-corrected chi connectivity index (χ2v) is 3.72. The number of carboxylic acids is 1. The molecule has 0 radical (unpaired) electrons. The van der Waals surface area contributed by atoms with E-state index in [0.717, 1.165) is 11.1 Å². The van der Waals surface area contributed by atoms with Gasteiger partial charge in [0.15, 0.2) is 0 Å². The van der Waals surface area contributed by atoms with Crippen molar-refractivity contribution in [1.29, 1.82) is 0 Å². The topological polar surface area (TPSA) is 55.1 Å². The molecule has 0 saturated heterocycles. The fraction of sp³-hybridized carbons (Fsp3) is 0.167. The third-order valence-corrected chi connectivity index (χ3v) is 2.28. The average molecular weight is 216 g/mol. The SMILES string of the molecule is Cc1cnn(Cc2cccc(C(=O)O)c2)c1. The quantitative estimate of drug-likeness (QED) is 0.853. The van der Waals surface area contributed by atoms with Gasteiger partial charge in [-0.2, -0.15) is 5.10 Å². The van der Waals surface area contributed by atoms with Crippen molar-refractivity contribution in [3.05, 3.63) is 53.3 Å². The third kappa shape index (κ3) is 2.28. The summed E-state index contributed by atoms with van der Waals surface area (Å²) in [6, 6.07) is 6.89. The number of carboxylic acid groups (broad SMARTS) is 1. The highest BCUT2D eigenvalue weighted by Crippen LogP contribution is 2.07. The van der Waals surface area contributed by atoms with Crippen LogP contribution in [0.1, 0.15) is 21.5 Å². The van der Waals surface area contributed by atoms with Gasteiger partial charge in [-0.3, -0.25) is 4.68 Å². The largest absolute Gasteiger partial charge is 0.478 e. The zero-order valence-corrected chi connectivity index (χ0v) is 8.92. The second kappa shape index (κ2) is 4.18. The van der Waals surface area contributed by atoms with E-state index in [9.17, 15) is 4.79 Å². The Kier molecular flexibility index (Phi) is 2.72. The Morgan fingerprint density at radius 3 is 2.94 bits per heavy atom. The highest BCUT2D eigenvalue weighted by Gasteiger charge is 2.03. The van der Waals surface area contributed by atoms with E-state index in [1.54, 1.807) is 29.1 Å². The molecule has 0 bridgehead atoms. The monoisotopic (exact) mass is 216 g/mol. The summed E-state index contributed by atoms with van der Waals surface area (Å²) >= 11 is 0. The fourth-order valence-electron chi connectivity index (χ4n) is 1.54. The zero-order valence-electron chi connectivity index (χ0n) is 8.92. The van der Waals surface area contributed by atoms with Crippen LogP contribution in [0.25, 0.3) is 0 Å². The van der Waals surface area contributed by atoms with Gasteiger partial charge in [0.25, 0.3) is 0 Å². The lowest BCUT2D eigenvalue weighted by atomic mass is 10.1. The van der Waals surface area contributed by atoms with Crippen LogP contribution in [0.15, 0.2) is 36.7 Å². The van der Waals surface area contributed by atoms with Gasteiger partial charge in [-0.15, -0.1) is 0 Å². The van der Waals surface area contributed by atoms with Gasteiger partial charge < -0.3 is 5.11 Å². The molecule has 0 spiro atoms. The van der Waals surface area contributed by atoms with Crippen molar-refractivity contribution in [3.8, 4) is 0 Å². The number of aromatic nitrogens is 2. The van der Waals surface area contributed by atoms with E-state index in [2.05, 4.69) is 5.10 Å². The number of aromatic carboxylic acids is 1. The number of nitrogens with zero attached hydrogens (tertiary/aromatic N) is 2. The van der Waals surface area contributed by atoms with Gasteiger partial charge in [-0.25, -0.2) is 4.79 Å². The average Bonchev–Trinajstić information content (AvgIpc) is 2.64. The Balaban J connectivity index is 2.21. The Morgan fingerprint density at radius 2 is 2.31 bits per heavy atom. The molecule has 82 valence electrons. The molecule has 0 aliphatic carbocycles. The first-order valence-electron chi connectivity index (χ1n) is 4.96. The number of aryl methyl sites for hydroxylation is 1. The van der Waals surface area contributed by atoms with Crippen molar-refractivity contribution in [2.45, 2.75) is 13.5 Å². The van der Waals surface area contributed by atoms with Crippen LogP contribution in [0.5, 0.6) is 0 Å². The van der Waals surface area contributed by atoms with Gasteiger partial charge >= 0.3 is 5.97 Å². The molecular formula is C12H12N2O2. The maximum Gasteiger partial charge on any atom is 0.335 e. The third-order valence-electron chi connectivity index (χ3n) is 2.28. The molecule has 0 unspecified atom stereocenters. The fourth-order valence-corrected chi connectivity index (χ4v) is 1.54. The minimum Gasteiger partial charge on any atom is -0.478 e. The molecule has 0 saturated carbocycles. The summed E-state index contributed by atoms with van der Waals surface area (Å²) in [5, 5.41) is 13.0. The van der Waals surface area contributed by atoms with Crippen molar-refractivity contribution in [3.63, 3.8) is 0 Å². The van der Waals surface area contributed by atoms with Gasteiger partial charge in [-0.1, -0.05) is 12.1 Å². The molecule has 0 fully saturated rings. The minimum atomic E-state index is -0.904. The lowest BCUT2D eigenvalue weighted by molar-refractivity contribution is 0.0696. The van der Waals surface area contributed by atoms with Crippen molar-refractivity contribution in [2.75, 3.05) is 0 Å². The standard InChI is InChI=1S/C12H12N2O2/c1-9-6-13-14(7-9)8-10-3-2-4-11(5-10)12(15)16/h2-7H,8H2,1H3,(H,15,16). The summed E-state index contributed by atoms with van der Waals surface area (Å²) in [5.41, 5.74) is 2.33. The second-order valence-electron chi connectivity index (χ2n) is 3.72. The molecule has 1 N–H and O–H groups in total. The first kappa shape index (κ1) is 10.4. The summed E-state index contributed by atoms with van der Waals surface area (Å²) in [7, 11) is 0. The normalized spacial score (nSPS) is 10.3. The minimum absolute atomic E-state index is 0.307. The number of hydrogen-bond acceptors (Lipinski definition) is 2. The number of rotatable bonds is 3. The Bertz CT molecular complexity index is 517. The van der Waals surface area contributed by atoms with Gasteiger partial charge in [0.1, 0.15) is 0 Å². The van der Waals surface area contributed by atoms with Crippen LogP contribution in [0, 0.1) is 6.92 Å². The molecule has 16 heavy (non-hydrogen) atoms. The predicted octanol–water partition coefficient (Wildman–Crippen LogP) is 1.94.